The highest BCUT2D eigenvalue weighted by atomic mass is 16.7. The SMILES string of the molecule is CC(=O)N1CCC(NOC2CCCC2)CC1. The van der Waals surface area contributed by atoms with Crippen molar-refractivity contribution in [1.82, 2.24) is 10.4 Å². The molecule has 2 aliphatic rings. The van der Waals surface area contributed by atoms with E-state index in [0.717, 1.165) is 25.9 Å². The molecule has 1 aliphatic carbocycles. The maximum atomic E-state index is 11.1. The first-order chi connectivity index (χ1) is 7.75. The molecule has 0 unspecified atom stereocenters. The van der Waals surface area contributed by atoms with Crippen LogP contribution in [0, 0.1) is 0 Å². The third-order valence-corrected chi connectivity index (χ3v) is 3.64. The van der Waals surface area contributed by atoms with Gasteiger partial charge in [-0.05, 0) is 25.7 Å². The van der Waals surface area contributed by atoms with Crippen LogP contribution in [0.25, 0.3) is 0 Å². The summed E-state index contributed by atoms with van der Waals surface area (Å²) in [5.41, 5.74) is 3.19. The van der Waals surface area contributed by atoms with Gasteiger partial charge in [-0.3, -0.25) is 9.63 Å². The molecular weight excluding hydrogens is 204 g/mol. The number of hydrogen-bond donors (Lipinski definition) is 1. The highest BCUT2D eigenvalue weighted by Gasteiger charge is 2.22. The number of amides is 1. The van der Waals surface area contributed by atoms with Crippen molar-refractivity contribution >= 4 is 5.91 Å². The quantitative estimate of drug-likeness (QED) is 0.741. The second-order valence-corrected chi connectivity index (χ2v) is 4.92. The highest BCUT2D eigenvalue weighted by molar-refractivity contribution is 5.73. The molecule has 92 valence electrons. The van der Waals surface area contributed by atoms with E-state index in [2.05, 4.69) is 5.48 Å². The normalized spacial score (nSPS) is 23.9. The van der Waals surface area contributed by atoms with E-state index >= 15 is 0 Å². The van der Waals surface area contributed by atoms with Crippen molar-refractivity contribution in [3.8, 4) is 0 Å². The molecule has 4 heteroatoms. The van der Waals surface area contributed by atoms with E-state index in [4.69, 9.17) is 4.84 Å². The van der Waals surface area contributed by atoms with Gasteiger partial charge in [-0.1, -0.05) is 12.8 Å². The Labute approximate surface area is 97.3 Å². The topological polar surface area (TPSA) is 41.6 Å². The lowest BCUT2D eigenvalue weighted by Gasteiger charge is -2.32. The Morgan fingerprint density at radius 1 is 1.19 bits per heavy atom. The summed E-state index contributed by atoms with van der Waals surface area (Å²) in [6.07, 6.45) is 7.42. The lowest BCUT2D eigenvalue weighted by atomic mass is 10.1. The number of nitrogens with one attached hydrogen (secondary N) is 1. The van der Waals surface area contributed by atoms with Crippen molar-refractivity contribution in [2.24, 2.45) is 0 Å². The average Bonchev–Trinajstić information content (AvgIpc) is 2.80. The van der Waals surface area contributed by atoms with Gasteiger partial charge in [0.2, 0.25) is 5.91 Å². The summed E-state index contributed by atoms with van der Waals surface area (Å²) < 4.78 is 0. The van der Waals surface area contributed by atoms with E-state index in [1.807, 2.05) is 4.90 Å². The van der Waals surface area contributed by atoms with Crippen LogP contribution in [0.4, 0.5) is 0 Å². The van der Waals surface area contributed by atoms with Crippen LogP contribution in [0.5, 0.6) is 0 Å². The van der Waals surface area contributed by atoms with Gasteiger partial charge < -0.3 is 4.90 Å². The van der Waals surface area contributed by atoms with Gasteiger partial charge >= 0.3 is 0 Å². The van der Waals surface area contributed by atoms with Crippen LogP contribution in [0.3, 0.4) is 0 Å². The zero-order chi connectivity index (χ0) is 11.4. The first kappa shape index (κ1) is 11.9. The standard InChI is InChI=1S/C12H22N2O2/c1-10(15)14-8-6-11(7-9-14)13-16-12-4-2-3-5-12/h11-13H,2-9H2,1H3. The van der Waals surface area contributed by atoms with Crippen LogP contribution < -0.4 is 5.48 Å². The predicted octanol–water partition coefficient (Wildman–Crippen LogP) is 1.46. The summed E-state index contributed by atoms with van der Waals surface area (Å²) in [5, 5.41) is 0. The summed E-state index contributed by atoms with van der Waals surface area (Å²) in [4.78, 5) is 18.7. The first-order valence-corrected chi connectivity index (χ1v) is 6.42. The minimum absolute atomic E-state index is 0.190. The average molecular weight is 226 g/mol. The van der Waals surface area contributed by atoms with Crippen LogP contribution in [-0.4, -0.2) is 36.0 Å². The van der Waals surface area contributed by atoms with Crippen molar-refractivity contribution in [2.75, 3.05) is 13.1 Å². The van der Waals surface area contributed by atoms with E-state index < -0.39 is 0 Å². The number of nitrogens with zero attached hydrogens (tertiary/aromatic N) is 1. The lowest BCUT2D eigenvalue weighted by molar-refractivity contribution is -0.131. The Hall–Kier alpha value is -0.610. The highest BCUT2D eigenvalue weighted by Crippen LogP contribution is 2.20. The zero-order valence-corrected chi connectivity index (χ0v) is 10.1. The Kier molecular flexibility index (Phi) is 4.18. The molecule has 1 saturated heterocycles. The molecule has 1 N–H and O–H groups in total. The summed E-state index contributed by atoms with van der Waals surface area (Å²) in [5.74, 6) is 0.190. The Morgan fingerprint density at radius 2 is 1.81 bits per heavy atom. The van der Waals surface area contributed by atoms with Gasteiger partial charge in [-0.15, -0.1) is 0 Å². The van der Waals surface area contributed by atoms with Gasteiger partial charge in [-0.25, -0.2) is 0 Å². The molecule has 0 aromatic rings. The van der Waals surface area contributed by atoms with Crippen LogP contribution in [-0.2, 0) is 9.63 Å². The third kappa shape index (κ3) is 3.19. The number of likely N-dealkylation sites (tertiary alicyclic amines) is 1. The van der Waals surface area contributed by atoms with Crippen molar-refractivity contribution in [3.63, 3.8) is 0 Å². The molecule has 1 saturated carbocycles. The monoisotopic (exact) mass is 226 g/mol. The lowest BCUT2D eigenvalue weighted by Crippen LogP contribution is -2.44. The molecule has 0 radical (unpaired) electrons. The summed E-state index contributed by atoms with van der Waals surface area (Å²) >= 11 is 0. The van der Waals surface area contributed by atoms with E-state index in [9.17, 15) is 4.79 Å². The smallest absolute Gasteiger partial charge is 0.219 e. The maximum Gasteiger partial charge on any atom is 0.219 e. The van der Waals surface area contributed by atoms with Gasteiger partial charge in [0.15, 0.2) is 0 Å². The number of rotatable bonds is 3. The Balaban J connectivity index is 1.63. The van der Waals surface area contributed by atoms with Gasteiger partial charge in [-0.2, -0.15) is 5.48 Å². The Bertz CT molecular complexity index is 231. The molecule has 0 aromatic carbocycles. The summed E-state index contributed by atoms with van der Waals surface area (Å²) in [6.45, 7) is 3.37. The minimum Gasteiger partial charge on any atom is -0.343 e. The van der Waals surface area contributed by atoms with Gasteiger partial charge in [0.25, 0.3) is 0 Å². The number of hydrogen-bond acceptors (Lipinski definition) is 3. The van der Waals surface area contributed by atoms with E-state index in [-0.39, 0.29) is 5.91 Å². The molecular formula is C12H22N2O2. The molecule has 0 atom stereocenters. The molecule has 0 aromatic heterocycles. The minimum atomic E-state index is 0.190. The van der Waals surface area contributed by atoms with Gasteiger partial charge in [0.05, 0.1) is 6.10 Å². The van der Waals surface area contributed by atoms with E-state index in [0.29, 0.717) is 12.1 Å². The zero-order valence-electron chi connectivity index (χ0n) is 10.1. The number of hydroxylamine groups is 1. The molecule has 1 aliphatic heterocycles. The maximum absolute atomic E-state index is 11.1. The number of piperidine rings is 1. The molecule has 2 rings (SSSR count). The van der Waals surface area contributed by atoms with Gasteiger partial charge in [0, 0.05) is 26.1 Å². The summed E-state index contributed by atoms with van der Waals surface area (Å²) in [6, 6.07) is 0.427. The largest absolute Gasteiger partial charge is 0.343 e. The molecule has 0 spiro atoms. The van der Waals surface area contributed by atoms with Crippen molar-refractivity contribution < 1.29 is 9.63 Å². The molecule has 4 nitrogen and oxygen atoms in total. The van der Waals surface area contributed by atoms with Crippen molar-refractivity contribution in [1.29, 1.82) is 0 Å². The number of carbonyl (C=O) groups excluding carboxylic acids is 1. The molecule has 1 heterocycles. The predicted molar refractivity (Wildman–Crippen MR) is 61.8 cm³/mol. The van der Waals surface area contributed by atoms with Crippen LogP contribution in [0.1, 0.15) is 45.4 Å². The number of carbonyl (C=O) groups is 1. The van der Waals surface area contributed by atoms with Crippen molar-refractivity contribution in [2.45, 2.75) is 57.6 Å². The van der Waals surface area contributed by atoms with E-state index in [1.165, 1.54) is 25.7 Å². The fourth-order valence-electron chi connectivity index (χ4n) is 2.51. The van der Waals surface area contributed by atoms with Crippen molar-refractivity contribution in [3.05, 3.63) is 0 Å². The van der Waals surface area contributed by atoms with E-state index in [1.54, 1.807) is 6.92 Å². The molecule has 2 fully saturated rings. The third-order valence-electron chi connectivity index (χ3n) is 3.64. The Morgan fingerprint density at radius 3 is 2.38 bits per heavy atom. The molecule has 16 heavy (non-hydrogen) atoms. The second kappa shape index (κ2) is 5.64. The van der Waals surface area contributed by atoms with Crippen LogP contribution in [0.15, 0.2) is 0 Å². The fourth-order valence-corrected chi connectivity index (χ4v) is 2.51. The van der Waals surface area contributed by atoms with Crippen LogP contribution in [0.2, 0.25) is 0 Å². The summed E-state index contributed by atoms with van der Waals surface area (Å²) in [7, 11) is 0. The molecule has 0 bridgehead atoms. The second-order valence-electron chi connectivity index (χ2n) is 4.92. The first-order valence-electron chi connectivity index (χ1n) is 6.42. The van der Waals surface area contributed by atoms with Gasteiger partial charge in [0.1, 0.15) is 0 Å². The van der Waals surface area contributed by atoms with Crippen LogP contribution >= 0.6 is 0 Å². The molecule has 1 amide bonds. The fraction of sp³-hybridized carbons (Fsp3) is 0.917.